The van der Waals surface area contributed by atoms with Gasteiger partial charge in [-0.3, -0.25) is 0 Å². The Balaban J connectivity index is 0.00000484. The molecular weight excluding hydrogens is 421 g/mol. The van der Waals surface area contributed by atoms with E-state index in [-0.39, 0.29) is 24.0 Å². The van der Waals surface area contributed by atoms with Crippen molar-refractivity contribution in [3.8, 4) is 0 Å². The number of hydrogen-bond acceptors (Lipinski definition) is 4. The first kappa shape index (κ1) is 22.6. The Kier molecular flexibility index (Phi) is 11.8. The largest absolute Gasteiger partial charge is 0.357 e. The smallest absolute Gasteiger partial charge is 0.191 e. The van der Waals surface area contributed by atoms with Crippen LogP contribution < -0.4 is 10.6 Å². The van der Waals surface area contributed by atoms with E-state index in [2.05, 4.69) is 60.3 Å². The monoisotopic (exact) mass is 453 g/mol. The summed E-state index contributed by atoms with van der Waals surface area (Å²) < 4.78 is 0. The molecule has 0 saturated heterocycles. The Hall–Kier alpha value is -0.410. The second-order valence-electron chi connectivity index (χ2n) is 5.60. The summed E-state index contributed by atoms with van der Waals surface area (Å²) in [4.78, 5) is 12.7. The molecule has 0 radical (unpaired) electrons. The molecule has 0 aliphatic rings. The number of thiazole rings is 1. The van der Waals surface area contributed by atoms with Crippen LogP contribution in [0.5, 0.6) is 0 Å². The SMILES string of the molecule is CCNC(=NCc1sc(C)nc1C)NCCN(C)C(C)CC.I. The van der Waals surface area contributed by atoms with Crippen LogP contribution in [0.4, 0.5) is 0 Å². The highest BCUT2D eigenvalue weighted by atomic mass is 127. The minimum absolute atomic E-state index is 0. The second-order valence-corrected chi connectivity index (χ2v) is 6.89. The highest BCUT2D eigenvalue weighted by molar-refractivity contribution is 14.0. The number of aliphatic imine (C=N–C) groups is 1. The van der Waals surface area contributed by atoms with Gasteiger partial charge in [0.1, 0.15) is 0 Å². The maximum atomic E-state index is 4.67. The average Bonchev–Trinajstić information content (AvgIpc) is 2.81. The number of aryl methyl sites for hydroxylation is 2. The third kappa shape index (κ3) is 8.30. The van der Waals surface area contributed by atoms with Crippen LogP contribution in [-0.4, -0.2) is 48.6 Å². The third-order valence-electron chi connectivity index (χ3n) is 3.82. The quantitative estimate of drug-likeness (QED) is 0.361. The predicted octanol–water partition coefficient (Wildman–Crippen LogP) is 3.16. The lowest BCUT2D eigenvalue weighted by Gasteiger charge is -2.23. The van der Waals surface area contributed by atoms with Crippen molar-refractivity contribution in [2.24, 2.45) is 4.99 Å². The molecule has 0 fully saturated rings. The minimum atomic E-state index is 0. The van der Waals surface area contributed by atoms with Crippen molar-refractivity contribution in [3.05, 3.63) is 15.6 Å². The van der Waals surface area contributed by atoms with E-state index in [4.69, 9.17) is 0 Å². The number of guanidine groups is 1. The van der Waals surface area contributed by atoms with Crippen LogP contribution in [0.15, 0.2) is 4.99 Å². The summed E-state index contributed by atoms with van der Waals surface area (Å²) in [6.45, 7) is 14.1. The van der Waals surface area contributed by atoms with Gasteiger partial charge in [-0.15, -0.1) is 35.3 Å². The molecule has 1 atom stereocenters. The van der Waals surface area contributed by atoms with Crippen LogP contribution in [-0.2, 0) is 6.54 Å². The van der Waals surface area contributed by atoms with E-state index >= 15 is 0 Å². The molecule has 0 aromatic carbocycles. The Bertz CT molecular complexity index is 475. The maximum Gasteiger partial charge on any atom is 0.191 e. The van der Waals surface area contributed by atoms with Crippen molar-refractivity contribution in [2.75, 3.05) is 26.7 Å². The number of likely N-dealkylation sites (N-methyl/N-ethyl adjacent to an activating group) is 1. The molecular formula is C16H32IN5S. The molecule has 0 bridgehead atoms. The summed E-state index contributed by atoms with van der Waals surface area (Å²) in [5.74, 6) is 0.880. The number of aromatic nitrogens is 1. The van der Waals surface area contributed by atoms with E-state index in [1.165, 1.54) is 11.3 Å². The van der Waals surface area contributed by atoms with Gasteiger partial charge in [-0.25, -0.2) is 9.98 Å². The van der Waals surface area contributed by atoms with Crippen LogP contribution in [0.3, 0.4) is 0 Å². The lowest BCUT2D eigenvalue weighted by Crippen LogP contribution is -2.42. The van der Waals surface area contributed by atoms with E-state index in [0.29, 0.717) is 12.6 Å². The first-order valence-corrected chi connectivity index (χ1v) is 8.94. The van der Waals surface area contributed by atoms with Crippen LogP contribution in [0.1, 0.15) is 42.8 Å². The number of halogens is 1. The minimum Gasteiger partial charge on any atom is -0.357 e. The summed E-state index contributed by atoms with van der Waals surface area (Å²) in [6.07, 6.45) is 1.18. The van der Waals surface area contributed by atoms with Gasteiger partial charge in [0.15, 0.2) is 5.96 Å². The predicted molar refractivity (Wildman–Crippen MR) is 112 cm³/mol. The molecule has 134 valence electrons. The molecule has 0 amide bonds. The Morgan fingerprint density at radius 2 is 2.00 bits per heavy atom. The lowest BCUT2D eigenvalue weighted by molar-refractivity contribution is 0.255. The zero-order chi connectivity index (χ0) is 16.5. The normalized spacial score (nSPS) is 12.9. The molecule has 2 N–H and O–H groups in total. The molecule has 23 heavy (non-hydrogen) atoms. The molecule has 7 heteroatoms. The summed E-state index contributed by atoms with van der Waals surface area (Å²) in [6, 6.07) is 0.615. The fourth-order valence-electron chi connectivity index (χ4n) is 2.10. The summed E-state index contributed by atoms with van der Waals surface area (Å²) in [5.41, 5.74) is 1.10. The van der Waals surface area contributed by atoms with Gasteiger partial charge in [0.25, 0.3) is 0 Å². The lowest BCUT2D eigenvalue weighted by atomic mass is 10.2. The molecule has 1 aromatic rings. The molecule has 1 rings (SSSR count). The van der Waals surface area contributed by atoms with Gasteiger partial charge < -0.3 is 15.5 Å². The number of nitrogens with zero attached hydrogens (tertiary/aromatic N) is 3. The van der Waals surface area contributed by atoms with Crippen LogP contribution in [0, 0.1) is 13.8 Å². The molecule has 0 aliphatic carbocycles. The summed E-state index contributed by atoms with van der Waals surface area (Å²) >= 11 is 1.73. The number of hydrogen-bond donors (Lipinski definition) is 2. The molecule has 0 aliphatic heterocycles. The topological polar surface area (TPSA) is 52.6 Å². The fourth-order valence-corrected chi connectivity index (χ4v) is 2.96. The zero-order valence-electron chi connectivity index (χ0n) is 15.3. The number of nitrogens with one attached hydrogen (secondary N) is 2. The first-order chi connectivity index (χ1) is 10.5. The van der Waals surface area contributed by atoms with Gasteiger partial charge in [0.05, 0.1) is 17.2 Å². The summed E-state index contributed by atoms with van der Waals surface area (Å²) in [5, 5.41) is 7.82. The Morgan fingerprint density at radius 1 is 1.30 bits per heavy atom. The van der Waals surface area contributed by atoms with E-state index < -0.39 is 0 Å². The fraction of sp³-hybridized carbons (Fsp3) is 0.750. The zero-order valence-corrected chi connectivity index (χ0v) is 18.4. The van der Waals surface area contributed by atoms with E-state index in [1.54, 1.807) is 11.3 Å². The standard InChI is InChI=1S/C16H31N5S.HI/c1-7-12(3)21(6)10-9-18-16(17-8-2)19-11-15-13(4)20-14(5)22-15;/h12H,7-11H2,1-6H3,(H2,17,18,19);1H. The molecule has 1 heterocycles. The van der Waals surface area contributed by atoms with Crippen molar-refractivity contribution in [2.45, 2.75) is 53.6 Å². The van der Waals surface area contributed by atoms with E-state index in [9.17, 15) is 0 Å². The van der Waals surface area contributed by atoms with E-state index in [0.717, 1.165) is 36.3 Å². The molecule has 1 unspecified atom stereocenters. The Morgan fingerprint density at radius 3 is 2.52 bits per heavy atom. The van der Waals surface area contributed by atoms with Crippen molar-refractivity contribution in [1.82, 2.24) is 20.5 Å². The maximum absolute atomic E-state index is 4.67. The van der Waals surface area contributed by atoms with Gasteiger partial charge in [-0.2, -0.15) is 0 Å². The molecule has 1 aromatic heterocycles. The third-order valence-corrected chi connectivity index (χ3v) is 4.88. The highest BCUT2D eigenvalue weighted by Crippen LogP contribution is 2.17. The van der Waals surface area contributed by atoms with Crippen LogP contribution >= 0.6 is 35.3 Å². The number of rotatable bonds is 8. The molecule has 0 spiro atoms. The van der Waals surface area contributed by atoms with Gasteiger partial charge >= 0.3 is 0 Å². The van der Waals surface area contributed by atoms with Gasteiger partial charge in [-0.05, 0) is 41.2 Å². The first-order valence-electron chi connectivity index (χ1n) is 8.13. The van der Waals surface area contributed by atoms with E-state index in [1.807, 2.05) is 6.92 Å². The van der Waals surface area contributed by atoms with Gasteiger partial charge in [-0.1, -0.05) is 6.92 Å². The van der Waals surface area contributed by atoms with Crippen LogP contribution in [0.25, 0.3) is 0 Å². The Labute approximate surface area is 162 Å². The highest BCUT2D eigenvalue weighted by Gasteiger charge is 2.07. The van der Waals surface area contributed by atoms with Gasteiger partial charge in [0, 0.05) is 30.6 Å². The molecule has 5 nitrogen and oxygen atoms in total. The van der Waals surface area contributed by atoms with Crippen molar-refractivity contribution in [3.63, 3.8) is 0 Å². The average molecular weight is 453 g/mol. The van der Waals surface area contributed by atoms with Crippen LogP contribution in [0.2, 0.25) is 0 Å². The van der Waals surface area contributed by atoms with Crippen molar-refractivity contribution < 1.29 is 0 Å². The van der Waals surface area contributed by atoms with Gasteiger partial charge in [0.2, 0.25) is 0 Å². The second kappa shape index (κ2) is 12.0. The summed E-state index contributed by atoms with van der Waals surface area (Å²) in [7, 11) is 2.17. The molecule has 0 saturated carbocycles. The van der Waals surface area contributed by atoms with Crippen molar-refractivity contribution >= 4 is 41.3 Å². The van der Waals surface area contributed by atoms with Crippen molar-refractivity contribution in [1.29, 1.82) is 0 Å².